The van der Waals surface area contributed by atoms with E-state index in [0.717, 1.165) is 5.06 Å². The lowest BCUT2D eigenvalue weighted by atomic mass is 10.3. The minimum atomic E-state index is -0.374. The van der Waals surface area contributed by atoms with E-state index < -0.39 is 0 Å². The van der Waals surface area contributed by atoms with Gasteiger partial charge in [0.15, 0.2) is 0 Å². The predicted octanol–water partition coefficient (Wildman–Crippen LogP) is -0.308. The molecule has 6 heteroatoms. The summed E-state index contributed by atoms with van der Waals surface area (Å²) in [6.07, 6.45) is 2.62. The zero-order valence-corrected chi connectivity index (χ0v) is 7.39. The number of nitrogens with two attached hydrogens (primary N) is 1. The number of rotatable bonds is 2. The first-order valence-electron chi connectivity index (χ1n) is 3.54. The van der Waals surface area contributed by atoms with Crippen molar-refractivity contribution in [2.75, 3.05) is 19.9 Å². The topological polar surface area (TPSA) is 81.3 Å². The molecule has 1 heterocycles. The largest absolute Gasteiger partial charge is 0.383 e. The highest BCUT2D eigenvalue weighted by Gasteiger charge is 2.14. The summed E-state index contributed by atoms with van der Waals surface area (Å²) in [4.78, 5) is 23.5. The van der Waals surface area contributed by atoms with Crippen LogP contribution in [0.3, 0.4) is 0 Å². The Hall–Kier alpha value is -1.69. The Labute approximate surface area is 75.3 Å². The number of aromatic nitrogens is 2. The van der Waals surface area contributed by atoms with Crippen molar-refractivity contribution < 1.29 is 9.63 Å². The minimum absolute atomic E-state index is 0.143. The first-order valence-corrected chi connectivity index (χ1v) is 3.54. The summed E-state index contributed by atoms with van der Waals surface area (Å²) >= 11 is 0. The molecule has 0 spiro atoms. The summed E-state index contributed by atoms with van der Waals surface area (Å²) in [5.41, 5.74) is 5.69. The molecular formula is C7H10N4O2. The molecule has 70 valence electrons. The number of carbonyl (C=O) groups excluding carboxylic acids is 1. The van der Waals surface area contributed by atoms with E-state index in [-0.39, 0.29) is 17.3 Å². The van der Waals surface area contributed by atoms with Gasteiger partial charge in [0.2, 0.25) is 0 Å². The van der Waals surface area contributed by atoms with Gasteiger partial charge in [-0.3, -0.25) is 9.63 Å². The predicted molar refractivity (Wildman–Crippen MR) is 45.5 cm³/mol. The molecule has 0 aliphatic heterocycles. The number of anilines is 1. The SMILES string of the molecule is CON(C)C(=O)c1cncnc1N. The molecular weight excluding hydrogens is 172 g/mol. The second-order valence-electron chi connectivity index (χ2n) is 2.31. The molecule has 2 N–H and O–H groups in total. The first kappa shape index (κ1) is 9.40. The van der Waals surface area contributed by atoms with Crippen LogP contribution in [-0.2, 0) is 4.84 Å². The summed E-state index contributed by atoms with van der Waals surface area (Å²) in [7, 11) is 2.87. The Morgan fingerprint density at radius 1 is 1.69 bits per heavy atom. The van der Waals surface area contributed by atoms with Gasteiger partial charge in [0.05, 0.1) is 7.11 Å². The summed E-state index contributed by atoms with van der Waals surface area (Å²) in [6, 6.07) is 0. The number of hydroxylamine groups is 2. The van der Waals surface area contributed by atoms with Crippen molar-refractivity contribution in [3.05, 3.63) is 18.1 Å². The van der Waals surface area contributed by atoms with Gasteiger partial charge >= 0.3 is 0 Å². The molecule has 1 amide bonds. The zero-order valence-electron chi connectivity index (χ0n) is 7.39. The summed E-state index contributed by atoms with van der Waals surface area (Å²) < 4.78 is 0. The summed E-state index contributed by atoms with van der Waals surface area (Å²) in [6.45, 7) is 0. The molecule has 0 bridgehead atoms. The van der Waals surface area contributed by atoms with Gasteiger partial charge in [-0.1, -0.05) is 0 Å². The van der Waals surface area contributed by atoms with Crippen LogP contribution in [-0.4, -0.2) is 35.1 Å². The second-order valence-corrected chi connectivity index (χ2v) is 2.31. The quantitative estimate of drug-likeness (QED) is 0.634. The Morgan fingerprint density at radius 2 is 2.38 bits per heavy atom. The molecule has 0 saturated heterocycles. The normalized spacial score (nSPS) is 9.69. The maximum Gasteiger partial charge on any atom is 0.282 e. The first-order chi connectivity index (χ1) is 6.16. The molecule has 0 aliphatic rings. The van der Waals surface area contributed by atoms with Gasteiger partial charge < -0.3 is 5.73 Å². The van der Waals surface area contributed by atoms with Crippen molar-refractivity contribution >= 4 is 11.7 Å². The maximum atomic E-state index is 11.4. The van der Waals surface area contributed by atoms with Gasteiger partial charge in [-0.2, -0.15) is 0 Å². The number of nitrogens with zero attached hydrogens (tertiary/aromatic N) is 3. The van der Waals surface area contributed by atoms with Crippen molar-refractivity contribution in [3.8, 4) is 0 Å². The van der Waals surface area contributed by atoms with Gasteiger partial charge in [0, 0.05) is 13.2 Å². The van der Waals surface area contributed by atoms with E-state index >= 15 is 0 Å². The van der Waals surface area contributed by atoms with E-state index in [1.807, 2.05) is 0 Å². The number of nitrogen functional groups attached to an aromatic ring is 1. The van der Waals surface area contributed by atoms with Gasteiger partial charge in [-0.25, -0.2) is 15.0 Å². The lowest BCUT2D eigenvalue weighted by Gasteiger charge is -2.13. The molecule has 13 heavy (non-hydrogen) atoms. The fourth-order valence-electron chi connectivity index (χ4n) is 0.756. The third-order valence-corrected chi connectivity index (χ3v) is 1.53. The highest BCUT2D eigenvalue weighted by atomic mass is 16.7. The van der Waals surface area contributed by atoms with E-state index in [2.05, 4.69) is 9.97 Å². The van der Waals surface area contributed by atoms with E-state index in [1.165, 1.54) is 26.7 Å². The highest BCUT2D eigenvalue weighted by molar-refractivity contribution is 5.97. The van der Waals surface area contributed by atoms with Crippen LogP contribution >= 0.6 is 0 Å². The van der Waals surface area contributed by atoms with Crippen LogP contribution in [0.1, 0.15) is 10.4 Å². The van der Waals surface area contributed by atoms with Crippen LogP contribution in [0.2, 0.25) is 0 Å². The lowest BCUT2D eigenvalue weighted by Crippen LogP contribution is -2.26. The number of carbonyl (C=O) groups is 1. The van der Waals surface area contributed by atoms with Crippen LogP contribution < -0.4 is 5.73 Å². The lowest BCUT2D eigenvalue weighted by molar-refractivity contribution is -0.0756. The number of hydrogen-bond acceptors (Lipinski definition) is 5. The minimum Gasteiger partial charge on any atom is -0.383 e. The van der Waals surface area contributed by atoms with Crippen LogP contribution in [0.25, 0.3) is 0 Å². The zero-order chi connectivity index (χ0) is 9.84. The van der Waals surface area contributed by atoms with E-state index in [4.69, 9.17) is 10.6 Å². The molecule has 0 atom stereocenters. The molecule has 0 aliphatic carbocycles. The Bertz CT molecular complexity index is 315. The Balaban J connectivity index is 2.95. The van der Waals surface area contributed by atoms with Crippen LogP contribution in [0, 0.1) is 0 Å². The van der Waals surface area contributed by atoms with Crippen molar-refractivity contribution in [1.29, 1.82) is 0 Å². The van der Waals surface area contributed by atoms with Gasteiger partial charge in [-0.05, 0) is 0 Å². The average Bonchev–Trinajstić information content (AvgIpc) is 2.16. The Morgan fingerprint density at radius 3 is 2.92 bits per heavy atom. The molecule has 1 rings (SSSR count). The Kier molecular flexibility index (Phi) is 2.76. The third kappa shape index (κ3) is 1.91. The monoisotopic (exact) mass is 182 g/mol. The van der Waals surface area contributed by atoms with Crippen LogP contribution in [0.4, 0.5) is 5.82 Å². The fraction of sp³-hybridized carbons (Fsp3) is 0.286. The third-order valence-electron chi connectivity index (χ3n) is 1.53. The summed E-state index contributed by atoms with van der Waals surface area (Å²) in [5.74, 6) is -0.232. The smallest absolute Gasteiger partial charge is 0.282 e. The van der Waals surface area contributed by atoms with Crippen LogP contribution in [0.15, 0.2) is 12.5 Å². The second kappa shape index (κ2) is 3.81. The molecule has 1 aromatic heterocycles. The van der Waals surface area contributed by atoms with Crippen molar-refractivity contribution in [3.63, 3.8) is 0 Å². The van der Waals surface area contributed by atoms with Gasteiger partial charge in [0.25, 0.3) is 5.91 Å². The van der Waals surface area contributed by atoms with Crippen molar-refractivity contribution in [2.45, 2.75) is 0 Å². The maximum absolute atomic E-state index is 11.4. The van der Waals surface area contributed by atoms with Gasteiger partial charge in [0.1, 0.15) is 17.7 Å². The van der Waals surface area contributed by atoms with E-state index in [1.54, 1.807) is 0 Å². The number of hydrogen-bond donors (Lipinski definition) is 1. The molecule has 0 fully saturated rings. The molecule has 1 aromatic rings. The average molecular weight is 182 g/mol. The fourth-order valence-corrected chi connectivity index (χ4v) is 0.756. The molecule has 6 nitrogen and oxygen atoms in total. The molecule has 0 saturated carbocycles. The molecule has 0 unspecified atom stereocenters. The molecule has 0 aromatic carbocycles. The van der Waals surface area contributed by atoms with E-state index in [0.29, 0.717) is 0 Å². The number of amides is 1. The van der Waals surface area contributed by atoms with Crippen molar-refractivity contribution in [1.82, 2.24) is 15.0 Å². The van der Waals surface area contributed by atoms with E-state index in [9.17, 15) is 4.79 Å². The van der Waals surface area contributed by atoms with Crippen LogP contribution in [0.5, 0.6) is 0 Å². The van der Waals surface area contributed by atoms with Gasteiger partial charge in [-0.15, -0.1) is 0 Å². The summed E-state index contributed by atoms with van der Waals surface area (Å²) in [5, 5.41) is 1.05. The molecule has 0 radical (unpaired) electrons. The highest BCUT2D eigenvalue weighted by Crippen LogP contribution is 2.07. The van der Waals surface area contributed by atoms with Crippen molar-refractivity contribution in [2.24, 2.45) is 0 Å². The standard InChI is InChI=1S/C7H10N4O2/c1-11(13-2)7(12)5-3-9-4-10-6(5)8/h3-4H,1-2H3,(H2,8,9,10).